The van der Waals surface area contributed by atoms with Crippen molar-refractivity contribution in [1.29, 1.82) is 0 Å². The summed E-state index contributed by atoms with van der Waals surface area (Å²) in [7, 11) is 0. The Kier molecular flexibility index (Phi) is 7.18. The Bertz CT molecular complexity index is 213. The van der Waals surface area contributed by atoms with Crippen LogP contribution in [0.1, 0.15) is 45.7 Å². The summed E-state index contributed by atoms with van der Waals surface area (Å²) in [6, 6.07) is 8.77. The van der Waals surface area contributed by atoms with Gasteiger partial charge in [-0.25, -0.2) is 0 Å². The molecule has 1 aliphatic rings. The molecular weight excluding hydrogens is 168 g/mol. The third-order valence-electron chi connectivity index (χ3n) is 2.26. The lowest BCUT2D eigenvalue weighted by molar-refractivity contribution is 0.628. The molecule has 14 heavy (non-hydrogen) atoms. The van der Waals surface area contributed by atoms with Crippen LogP contribution in [0.3, 0.4) is 0 Å². The van der Waals surface area contributed by atoms with Crippen LogP contribution in [0, 0.1) is 5.92 Å². The van der Waals surface area contributed by atoms with Crippen molar-refractivity contribution in [2.45, 2.75) is 47.5 Å². The maximum Gasteiger partial charge on any atom is -0.0247 e. The Balaban J connectivity index is 0.000000379. The summed E-state index contributed by atoms with van der Waals surface area (Å²) < 4.78 is 0. The van der Waals surface area contributed by atoms with Crippen LogP contribution < -0.4 is 0 Å². The second kappa shape index (κ2) is 7.61. The topological polar surface area (TPSA) is 0 Å². The summed E-state index contributed by atoms with van der Waals surface area (Å²) >= 11 is 0. The number of hydrogen-bond donors (Lipinski definition) is 0. The summed E-state index contributed by atoms with van der Waals surface area (Å²) in [6.07, 6.45) is 2.58. The zero-order valence-electron chi connectivity index (χ0n) is 10.3. The molecule has 1 aromatic carbocycles. The highest BCUT2D eigenvalue weighted by Crippen LogP contribution is 2.25. The van der Waals surface area contributed by atoms with E-state index in [-0.39, 0.29) is 0 Å². The van der Waals surface area contributed by atoms with Crippen LogP contribution in [-0.4, -0.2) is 0 Å². The van der Waals surface area contributed by atoms with Crippen molar-refractivity contribution in [2.24, 2.45) is 5.92 Å². The van der Waals surface area contributed by atoms with E-state index < -0.39 is 0 Å². The van der Waals surface area contributed by atoms with Crippen molar-refractivity contribution in [3.05, 3.63) is 35.4 Å². The summed E-state index contributed by atoms with van der Waals surface area (Å²) in [5.41, 5.74) is 3.13. The van der Waals surface area contributed by atoms with Crippen molar-refractivity contribution in [3.63, 3.8) is 0 Å². The second-order valence-electron chi connectivity index (χ2n) is 3.28. The lowest BCUT2D eigenvalue weighted by Gasteiger charge is -1.93. The first-order valence-electron chi connectivity index (χ1n) is 5.93. The van der Waals surface area contributed by atoms with E-state index in [2.05, 4.69) is 31.2 Å². The Morgan fingerprint density at radius 3 is 1.57 bits per heavy atom. The fourth-order valence-corrected chi connectivity index (χ4v) is 1.78. The number of fused-ring (bicyclic) bond motifs is 1. The zero-order valence-corrected chi connectivity index (χ0v) is 10.3. The molecule has 80 valence electrons. The first-order chi connectivity index (χ1) is 6.86. The summed E-state index contributed by atoms with van der Waals surface area (Å²) in [6.45, 7) is 10.3. The molecule has 0 unspecified atom stereocenters. The first kappa shape index (κ1) is 13.2. The van der Waals surface area contributed by atoms with Crippen molar-refractivity contribution >= 4 is 0 Å². The highest BCUT2D eigenvalue weighted by Gasteiger charge is 2.15. The molecule has 0 aliphatic heterocycles. The summed E-state index contributed by atoms with van der Waals surface area (Å²) in [4.78, 5) is 0. The molecule has 1 aliphatic carbocycles. The summed E-state index contributed by atoms with van der Waals surface area (Å²) in [5.74, 6) is 0.873. The number of benzene rings is 1. The highest BCUT2D eigenvalue weighted by molar-refractivity contribution is 5.31. The van der Waals surface area contributed by atoms with Gasteiger partial charge in [-0.15, -0.1) is 0 Å². The minimum absolute atomic E-state index is 0.873. The van der Waals surface area contributed by atoms with Gasteiger partial charge in [-0.1, -0.05) is 58.9 Å². The highest BCUT2D eigenvalue weighted by atomic mass is 14.2. The van der Waals surface area contributed by atoms with E-state index >= 15 is 0 Å². The van der Waals surface area contributed by atoms with Crippen LogP contribution in [0.25, 0.3) is 0 Å². The van der Waals surface area contributed by atoms with Crippen molar-refractivity contribution in [3.8, 4) is 0 Å². The molecule has 0 saturated carbocycles. The van der Waals surface area contributed by atoms with E-state index in [9.17, 15) is 0 Å². The largest absolute Gasteiger partial charge is 0.0683 e. The fraction of sp³-hybridized carbons (Fsp3) is 0.571. The quantitative estimate of drug-likeness (QED) is 0.569. The minimum Gasteiger partial charge on any atom is -0.0683 e. The van der Waals surface area contributed by atoms with Crippen LogP contribution in [-0.2, 0) is 12.8 Å². The SMILES string of the molecule is CC.CC.CC1Cc2ccccc2C1. The van der Waals surface area contributed by atoms with Crippen LogP contribution in [0.15, 0.2) is 24.3 Å². The predicted octanol–water partition coefficient (Wildman–Crippen LogP) is 4.47. The average Bonchev–Trinajstić information content (AvgIpc) is 2.64. The normalized spacial score (nSPS) is 13.2. The maximum absolute atomic E-state index is 2.32. The molecule has 0 radical (unpaired) electrons. The van der Waals surface area contributed by atoms with Crippen LogP contribution in [0.5, 0.6) is 0 Å². The number of hydrogen-bond acceptors (Lipinski definition) is 0. The fourth-order valence-electron chi connectivity index (χ4n) is 1.78. The van der Waals surface area contributed by atoms with Crippen molar-refractivity contribution < 1.29 is 0 Å². The molecule has 0 N–H and O–H groups in total. The van der Waals surface area contributed by atoms with E-state index in [4.69, 9.17) is 0 Å². The van der Waals surface area contributed by atoms with Gasteiger partial charge in [0, 0.05) is 0 Å². The van der Waals surface area contributed by atoms with Gasteiger partial charge in [0.1, 0.15) is 0 Å². The van der Waals surface area contributed by atoms with Crippen LogP contribution >= 0.6 is 0 Å². The van der Waals surface area contributed by atoms with Gasteiger partial charge in [0.2, 0.25) is 0 Å². The van der Waals surface area contributed by atoms with Gasteiger partial charge >= 0.3 is 0 Å². The average molecular weight is 192 g/mol. The van der Waals surface area contributed by atoms with Gasteiger partial charge in [0.25, 0.3) is 0 Å². The van der Waals surface area contributed by atoms with Gasteiger partial charge in [0.05, 0.1) is 0 Å². The molecule has 2 rings (SSSR count). The Labute approximate surface area is 89.4 Å². The second-order valence-corrected chi connectivity index (χ2v) is 3.28. The van der Waals surface area contributed by atoms with Gasteiger partial charge in [0.15, 0.2) is 0 Å². The Morgan fingerprint density at radius 2 is 1.21 bits per heavy atom. The molecule has 0 atom stereocenters. The molecule has 0 nitrogen and oxygen atoms in total. The lowest BCUT2D eigenvalue weighted by Crippen LogP contribution is -1.89. The minimum atomic E-state index is 0.873. The molecule has 0 heteroatoms. The molecule has 0 aromatic heterocycles. The van der Waals surface area contributed by atoms with Crippen molar-refractivity contribution in [1.82, 2.24) is 0 Å². The lowest BCUT2D eigenvalue weighted by atomic mass is 10.1. The first-order valence-corrected chi connectivity index (χ1v) is 5.93. The summed E-state index contributed by atoms with van der Waals surface area (Å²) in [5, 5.41) is 0. The zero-order chi connectivity index (χ0) is 11.0. The van der Waals surface area contributed by atoms with Crippen LogP contribution in [0.2, 0.25) is 0 Å². The molecule has 0 spiro atoms. The van der Waals surface area contributed by atoms with E-state index in [0.29, 0.717) is 0 Å². The van der Waals surface area contributed by atoms with E-state index in [1.54, 1.807) is 11.1 Å². The Hall–Kier alpha value is -0.780. The molecule has 0 heterocycles. The molecular formula is C14H24. The third-order valence-corrected chi connectivity index (χ3v) is 2.26. The van der Waals surface area contributed by atoms with Crippen LogP contribution in [0.4, 0.5) is 0 Å². The van der Waals surface area contributed by atoms with Gasteiger partial charge in [-0.2, -0.15) is 0 Å². The maximum atomic E-state index is 2.32. The Morgan fingerprint density at radius 1 is 0.857 bits per heavy atom. The smallest absolute Gasteiger partial charge is 0.0247 e. The molecule has 1 aromatic rings. The molecule has 0 bridgehead atoms. The van der Waals surface area contributed by atoms with E-state index in [0.717, 1.165) is 5.92 Å². The van der Waals surface area contributed by atoms with Crippen molar-refractivity contribution in [2.75, 3.05) is 0 Å². The number of rotatable bonds is 0. The van der Waals surface area contributed by atoms with Gasteiger partial charge in [-0.3, -0.25) is 0 Å². The molecule has 0 fully saturated rings. The van der Waals surface area contributed by atoms with Gasteiger partial charge < -0.3 is 0 Å². The van der Waals surface area contributed by atoms with E-state index in [1.165, 1.54) is 12.8 Å². The third kappa shape index (κ3) is 3.53. The predicted molar refractivity (Wildman–Crippen MR) is 65.7 cm³/mol. The molecule has 0 amide bonds. The van der Waals surface area contributed by atoms with Gasteiger partial charge in [-0.05, 0) is 29.9 Å². The van der Waals surface area contributed by atoms with E-state index in [1.807, 2.05) is 27.7 Å². The molecule has 0 saturated heterocycles. The monoisotopic (exact) mass is 192 g/mol. The standard InChI is InChI=1S/C10H12.2C2H6/c1-8-6-9-4-2-3-5-10(9)7-8;2*1-2/h2-5,8H,6-7H2,1H3;2*1-2H3.